The molecule has 0 amide bonds. The van der Waals surface area contributed by atoms with E-state index in [0.29, 0.717) is 5.92 Å². The molecule has 1 fully saturated rings. The van der Waals surface area contributed by atoms with Crippen LogP contribution in [-0.2, 0) is 0 Å². The molecule has 90 valence electrons. The van der Waals surface area contributed by atoms with E-state index >= 15 is 0 Å². The van der Waals surface area contributed by atoms with Crippen LogP contribution in [0.25, 0.3) is 0 Å². The summed E-state index contributed by atoms with van der Waals surface area (Å²) in [5.74, 6) is 2.45. The Balaban J connectivity index is 2.16. The summed E-state index contributed by atoms with van der Waals surface area (Å²) in [6.07, 6.45) is 6.76. The van der Waals surface area contributed by atoms with Crippen LogP contribution in [0.4, 0.5) is 0 Å². The molecule has 16 heavy (non-hydrogen) atoms. The SMILES string of the molecule is Cc1nccn1C1CC(C(C)C)CCC1O. The van der Waals surface area contributed by atoms with E-state index < -0.39 is 0 Å². The molecule has 3 heteroatoms. The fourth-order valence-corrected chi connectivity index (χ4v) is 2.80. The summed E-state index contributed by atoms with van der Waals surface area (Å²) in [6, 6.07) is 0.226. The first-order valence-electron chi connectivity index (χ1n) is 6.27. The molecule has 0 bridgehead atoms. The number of aliphatic hydroxyl groups excluding tert-OH is 1. The van der Waals surface area contributed by atoms with Crippen molar-refractivity contribution in [2.75, 3.05) is 0 Å². The molecule has 1 heterocycles. The lowest BCUT2D eigenvalue weighted by molar-refractivity contribution is 0.0428. The second-order valence-electron chi connectivity index (χ2n) is 5.33. The normalized spacial score (nSPS) is 30.9. The minimum absolute atomic E-state index is 0.206. The molecule has 0 radical (unpaired) electrons. The summed E-state index contributed by atoms with van der Waals surface area (Å²) in [5.41, 5.74) is 0. The van der Waals surface area contributed by atoms with Crippen LogP contribution in [0.1, 0.15) is 45.0 Å². The van der Waals surface area contributed by atoms with Crippen molar-refractivity contribution in [1.29, 1.82) is 0 Å². The second kappa shape index (κ2) is 4.58. The van der Waals surface area contributed by atoms with E-state index in [2.05, 4.69) is 23.4 Å². The highest BCUT2D eigenvalue weighted by Crippen LogP contribution is 2.36. The van der Waals surface area contributed by atoms with Gasteiger partial charge in [0.15, 0.2) is 0 Å². The van der Waals surface area contributed by atoms with Crippen LogP contribution in [0.2, 0.25) is 0 Å². The number of aromatic nitrogens is 2. The number of rotatable bonds is 2. The maximum atomic E-state index is 10.1. The number of aryl methyl sites for hydroxylation is 1. The zero-order valence-electron chi connectivity index (χ0n) is 10.4. The number of hydrogen-bond donors (Lipinski definition) is 1. The van der Waals surface area contributed by atoms with Crippen molar-refractivity contribution in [2.45, 2.75) is 52.2 Å². The second-order valence-corrected chi connectivity index (χ2v) is 5.33. The van der Waals surface area contributed by atoms with Gasteiger partial charge in [0.25, 0.3) is 0 Å². The number of imidazole rings is 1. The van der Waals surface area contributed by atoms with Gasteiger partial charge in [-0.25, -0.2) is 4.98 Å². The van der Waals surface area contributed by atoms with Crippen molar-refractivity contribution in [2.24, 2.45) is 11.8 Å². The lowest BCUT2D eigenvalue weighted by Gasteiger charge is -2.36. The van der Waals surface area contributed by atoms with Gasteiger partial charge in [0.1, 0.15) is 5.82 Å². The summed E-state index contributed by atoms with van der Waals surface area (Å²) >= 11 is 0. The molecule has 2 rings (SSSR count). The fraction of sp³-hybridized carbons (Fsp3) is 0.769. The van der Waals surface area contributed by atoms with Crippen molar-refractivity contribution >= 4 is 0 Å². The molecular weight excluding hydrogens is 200 g/mol. The van der Waals surface area contributed by atoms with Crippen LogP contribution in [0.5, 0.6) is 0 Å². The Bertz CT molecular complexity index is 345. The van der Waals surface area contributed by atoms with E-state index in [0.717, 1.165) is 31.0 Å². The number of nitrogens with zero attached hydrogens (tertiary/aromatic N) is 2. The third kappa shape index (κ3) is 2.14. The monoisotopic (exact) mass is 222 g/mol. The molecule has 3 unspecified atom stereocenters. The Morgan fingerprint density at radius 3 is 2.75 bits per heavy atom. The maximum Gasteiger partial charge on any atom is 0.105 e. The first kappa shape index (κ1) is 11.6. The highest BCUT2D eigenvalue weighted by atomic mass is 16.3. The van der Waals surface area contributed by atoms with Gasteiger partial charge in [-0.15, -0.1) is 0 Å². The molecule has 1 aromatic rings. The predicted molar refractivity (Wildman–Crippen MR) is 64.2 cm³/mol. The zero-order chi connectivity index (χ0) is 11.7. The van der Waals surface area contributed by atoms with E-state index in [1.165, 1.54) is 0 Å². The molecule has 1 aliphatic carbocycles. The van der Waals surface area contributed by atoms with Gasteiger partial charge < -0.3 is 9.67 Å². The molecule has 3 atom stereocenters. The van der Waals surface area contributed by atoms with Gasteiger partial charge in [0.05, 0.1) is 12.1 Å². The van der Waals surface area contributed by atoms with Gasteiger partial charge >= 0.3 is 0 Å². The highest BCUT2D eigenvalue weighted by molar-refractivity contribution is 4.96. The molecule has 1 aliphatic rings. The van der Waals surface area contributed by atoms with Crippen LogP contribution in [0.3, 0.4) is 0 Å². The van der Waals surface area contributed by atoms with Crippen LogP contribution in [0, 0.1) is 18.8 Å². The van der Waals surface area contributed by atoms with E-state index in [-0.39, 0.29) is 12.1 Å². The van der Waals surface area contributed by atoms with Gasteiger partial charge in [-0.3, -0.25) is 0 Å². The lowest BCUT2D eigenvalue weighted by Crippen LogP contribution is -2.33. The molecule has 0 spiro atoms. The summed E-state index contributed by atoms with van der Waals surface area (Å²) in [7, 11) is 0. The Morgan fingerprint density at radius 2 is 2.19 bits per heavy atom. The zero-order valence-corrected chi connectivity index (χ0v) is 10.4. The molecule has 0 aliphatic heterocycles. The summed E-state index contributed by atoms with van der Waals surface area (Å²) in [4.78, 5) is 4.25. The minimum atomic E-state index is -0.206. The highest BCUT2D eigenvalue weighted by Gasteiger charge is 2.32. The van der Waals surface area contributed by atoms with Crippen molar-refractivity contribution in [1.82, 2.24) is 9.55 Å². The van der Waals surface area contributed by atoms with E-state index in [4.69, 9.17) is 0 Å². The first-order valence-corrected chi connectivity index (χ1v) is 6.27. The van der Waals surface area contributed by atoms with Crippen LogP contribution in [-0.4, -0.2) is 20.8 Å². The van der Waals surface area contributed by atoms with Gasteiger partial charge in [-0.05, 0) is 38.0 Å². The summed E-state index contributed by atoms with van der Waals surface area (Å²) in [6.45, 7) is 6.56. The van der Waals surface area contributed by atoms with Gasteiger partial charge in [0, 0.05) is 12.4 Å². The van der Waals surface area contributed by atoms with Crippen LogP contribution >= 0.6 is 0 Å². The predicted octanol–water partition coefficient (Wildman–Crippen LogP) is 2.55. The largest absolute Gasteiger partial charge is 0.391 e. The van der Waals surface area contributed by atoms with E-state index in [9.17, 15) is 5.11 Å². The summed E-state index contributed by atoms with van der Waals surface area (Å²) in [5, 5.41) is 10.1. The van der Waals surface area contributed by atoms with E-state index in [1.807, 2.05) is 19.3 Å². The third-order valence-electron chi connectivity index (χ3n) is 3.98. The van der Waals surface area contributed by atoms with Crippen LogP contribution in [0.15, 0.2) is 12.4 Å². The molecule has 0 saturated heterocycles. The van der Waals surface area contributed by atoms with Gasteiger partial charge in [0.2, 0.25) is 0 Å². The third-order valence-corrected chi connectivity index (χ3v) is 3.98. The molecule has 0 aromatic carbocycles. The lowest BCUT2D eigenvalue weighted by atomic mass is 9.78. The molecule has 1 saturated carbocycles. The van der Waals surface area contributed by atoms with Gasteiger partial charge in [-0.1, -0.05) is 13.8 Å². The van der Waals surface area contributed by atoms with Crippen molar-refractivity contribution in [3.63, 3.8) is 0 Å². The average molecular weight is 222 g/mol. The summed E-state index contributed by atoms with van der Waals surface area (Å²) < 4.78 is 2.14. The standard InChI is InChI=1S/C13H22N2O/c1-9(2)11-4-5-13(16)12(8-11)15-7-6-14-10(15)3/h6-7,9,11-13,16H,4-5,8H2,1-3H3. The smallest absolute Gasteiger partial charge is 0.105 e. The Hall–Kier alpha value is -0.830. The number of hydrogen-bond acceptors (Lipinski definition) is 2. The van der Waals surface area contributed by atoms with Gasteiger partial charge in [-0.2, -0.15) is 0 Å². The Kier molecular flexibility index (Phi) is 3.33. The molecule has 1 aromatic heterocycles. The molecule has 1 N–H and O–H groups in total. The van der Waals surface area contributed by atoms with Crippen molar-refractivity contribution in [3.05, 3.63) is 18.2 Å². The topological polar surface area (TPSA) is 38.0 Å². The van der Waals surface area contributed by atoms with Crippen molar-refractivity contribution in [3.8, 4) is 0 Å². The maximum absolute atomic E-state index is 10.1. The van der Waals surface area contributed by atoms with E-state index in [1.54, 1.807) is 0 Å². The Labute approximate surface area is 97.5 Å². The number of aliphatic hydroxyl groups is 1. The first-order chi connectivity index (χ1) is 7.59. The quantitative estimate of drug-likeness (QED) is 0.835. The molecular formula is C13H22N2O. The van der Waals surface area contributed by atoms with Crippen LogP contribution < -0.4 is 0 Å². The van der Waals surface area contributed by atoms with Crippen molar-refractivity contribution < 1.29 is 5.11 Å². The Morgan fingerprint density at radius 1 is 1.44 bits per heavy atom. The average Bonchev–Trinajstić information content (AvgIpc) is 2.65. The fourth-order valence-electron chi connectivity index (χ4n) is 2.80. The molecule has 3 nitrogen and oxygen atoms in total. The minimum Gasteiger partial charge on any atom is -0.391 e.